The maximum Gasteiger partial charge on any atom is 0.251 e. The highest BCUT2D eigenvalue weighted by Crippen LogP contribution is 2.22. The molecular formula is C17H23N3O2. The number of benzene rings is 1. The van der Waals surface area contributed by atoms with Crippen molar-refractivity contribution in [3.63, 3.8) is 0 Å². The fraction of sp³-hybridized carbons (Fsp3) is 0.529. The third kappa shape index (κ3) is 3.14. The normalized spacial score (nSPS) is 14.6. The zero-order valence-corrected chi connectivity index (χ0v) is 13.1. The van der Waals surface area contributed by atoms with Crippen molar-refractivity contribution in [3.05, 3.63) is 29.6 Å². The van der Waals surface area contributed by atoms with Gasteiger partial charge in [-0.05, 0) is 37.5 Å². The molecule has 0 saturated heterocycles. The lowest BCUT2D eigenvalue weighted by Crippen LogP contribution is -2.25. The zero-order chi connectivity index (χ0) is 15.4. The predicted octanol–water partition coefficient (Wildman–Crippen LogP) is 2.53. The van der Waals surface area contributed by atoms with E-state index in [9.17, 15) is 4.79 Å². The summed E-state index contributed by atoms with van der Waals surface area (Å²) in [6.45, 7) is 2.33. The van der Waals surface area contributed by atoms with Crippen LogP contribution in [0.1, 0.15) is 41.9 Å². The van der Waals surface area contributed by atoms with Gasteiger partial charge in [0.15, 0.2) is 0 Å². The van der Waals surface area contributed by atoms with E-state index in [0.29, 0.717) is 18.7 Å². The second kappa shape index (κ2) is 6.92. The van der Waals surface area contributed by atoms with Crippen LogP contribution < -0.4 is 5.32 Å². The number of hydrogen-bond donors (Lipinski definition) is 1. The highest BCUT2D eigenvalue weighted by molar-refractivity contribution is 5.97. The SMILES string of the molecule is COCCCNC(=O)c1ccc2c(c1)nc1n2CCCCC1. The van der Waals surface area contributed by atoms with Crippen LogP contribution in [0.25, 0.3) is 11.0 Å². The standard InChI is InChI=1S/C17H23N3O2/c1-22-11-5-9-18-17(21)13-7-8-15-14(12-13)19-16-6-3-2-4-10-20(15)16/h7-8,12H,2-6,9-11H2,1H3,(H,18,21). The Morgan fingerprint density at radius 1 is 1.36 bits per heavy atom. The van der Waals surface area contributed by atoms with E-state index in [-0.39, 0.29) is 5.91 Å². The second-order valence-electron chi connectivity index (χ2n) is 5.80. The number of nitrogens with zero attached hydrogens (tertiary/aromatic N) is 2. The molecule has 5 nitrogen and oxygen atoms in total. The number of nitrogens with one attached hydrogen (secondary N) is 1. The fourth-order valence-electron chi connectivity index (χ4n) is 3.01. The third-order valence-corrected chi connectivity index (χ3v) is 4.18. The van der Waals surface area contributed by atoms with Gasteiger partial charge in [0, 0.05) is 38.8 Å². The Kier molecular flexibility index (Phi) is 4.73. The van der Waals surface area contributed by atoms with E-state index in [4.69, 9.17) is 9.72 Å². The van der Waals surface area contributed by atoms with E-state index in [1.54, 1.807) is 7.11 Å². The number of carbonyl (C=O) groups excluding carboxylic acids is 1. The number of aromatic nitrogens is 2. The van der Waals surface area contributed by atoms with Crippen LogP contribution in [0.4, 0.5) is 0 Å². The van der Waals surface area contributed by atoms with Crippen molar-refractivity contribution in [3.8, 4) is 0 Å². The van der Waals surface area contributed by atoms with E-state index in [1.165, 1.54) is 19.3 Å². The predicted molar refractivity (Wildman–Crippen MR) is 86.1 cm³/mol. The molecule has 1 aromatic heterocycles. The maximum absolute atomic E-state index is 12.2. The van der Waals surface area contributed by atoms with Crippen LogP contribution in [0.3, 0.4) is 0 Å². The number of hydrogen-bond acceptors (Lipinski definition) is 3. The number of aryl methyl sites for hydroxylation is 2. The van der Waals surface area contributed by atoms with Gasteiger partial charge in [0.2, 0.25) is 0 Å². The van der Waals surface area contributed by atoms with Crippen molar-refractivity contribution < 1.29 is 9.53 Å². The summed E-state index contributed by atoms with van der Waals surface area (Å²) in [5, 5.41) is 2.92. The smallest absolute Gasteiger partial charge is 0.251 e. The van der Waals surface area contributed by atoms with Crippen LogP contribution in [-0.4, -0.2) is 35.7 Å². The lowest BCUT2D eigenvalue weighted by molar-refractivity contribution is 0.0948. The van der Waals surface area contributed by atoms with Crippen molar-refractivity contribution >= 4 is 16.9 Å². The van der Waals surface area contributed by atoms with Crippen LogP contribution in [0.5, 0.6) is 0 Å². The largest absolute Gasteiger partial charge is 0.385 e. The molecule has 0 saturated carbocycles. The molecule has 118 valence electrons. The van der Waals surface area contributed by atoms with Crippen molar-refractivity contribution in [2.24, 2.45) is 0 Å². The first-order chi connectivity index (χ1) is 10.8. The highest BCUT2D eigenvalue weighted by Gasteiger charge is 2.15. The average Bonchev–Trinajstić information content (AvgIpc) is 2.71. The minimum absolute atomic E-state index is 0.0406. The molecule has 1 aliphatic rings. The summed E-state index contributed by atoms with van der Waals surface area (Å²) in [6, 6.07) is 5.83. The molecule has 0 fully saturated rings. The molecule has 0 aliphatic carbocycles. The molecule has 3 rings (SSSR count). The number of rotatable bonds is 5. The molecule has 0 radical (unpaired) electrons. The fourth-order valence-corrected chi connectivity index (χ4v) is 3.01. The van der Waals surface area contributed by atoms with Crippen LogP contribution in [0, 0.1) is 0 Å². The number of carbonyl (C=O) groups is 1. The number of methoxy groups -OCH3 is 1. The molecule has 1 aliphatic heterocycles. The molecule has 1 N–H and O–H groups in total. The molecule has 2 aromatic rings. The van der Waals surface area contributed by atoms with Crippen LogP contribution in [0.2, 0.25) is 0 Å². The van der Waals surface area contributed by atoms with Gasteiger partial charge in [0.05, 0.1) is 11.0 Å². The Morgan fingerprint density at radius 3 is 3.14 bits per heavy atom. The Labute approximate surface area is 130 Å². The van der Waals surface area contributed by atoms with Gasteiger partial charge in [0.25, 0.3) is 5.91 Å². The summed E-state index contributed by atoms with van der Waals surface area (Å²) in [7, 11) is 1.67. The monoisotopic (exact) mass is 301 g/mol. The summed E-state index contributed by atoms with van der Waals surface area (Å²) >= 11 is 0. The first-order valence-corrected chi connectivity index (χ1v) is 8.06. The second-order valence-corrected chi connectivity index (χ2v) is 5.80. The van der Waals surface area contributed by atoms with Crippen molar-refractivity contribution in [1.29, 1.82) is 0 Å². The van der Waals surface area contributed by atoms with Gasteiger partial charge in [-0.25, -0.2) is 4.98 Å². The minimum Gasteiger partial charge on any atom is -0.385 e. The first kappa shape index (κ1) is 15.0. The van der Waals surface area contributed by atoms with Crippen molar-refractivity contribution in [2.45, 2.75) is 38.6 Å². The summed E-state index contributed by atoms with van der Waals surface area (Å²) in [5.74, 6) is 1.12. The summed E-state index contributed by atoms with van der Waals surface area (Å²) < 4.78 is 7.29. The Hall–Kier alpha value is -1.88. The molecule has 1 amide bonds. The van der Waals surface area contributed by atoms with E-state index >= 15 is 0 Å². The van der Waals surface area contributed by atoms with Gasteiger partial charge in [-0.2, -0.15) is 0 Å². The minimum atomic E-state index is -0.0406. The van der Waals surface area contributed by atoms with E-state index < -0.39 is 0 Å². The van der Waals surface area contributed by atoms with Crippen molar-refractivity contribution in [1.82, 2.24) is 14.9 Å². The molecule has 0 spiro atoms. The number of fused-ring (bicyclic) bond motifs is 3. The summed E-state index contributed by atoms with van der Waals surface area (Å²) in [6.07, 6.45) is 5.54. The molecule has 1 aromatic carbocycles. The van der Waals surface area contributed by atoms with Gasteiger partial charge in [-0.1, -0.05) is 6.42 Å². The number of ether oxygens (including phenoxy) is 1. The Bertz CT molecular complexity index is 663. The highest BCUT2D eigenvalue weighted by atomic mass is 16.5. The molecule has 0 atom stereocenters. The lowest BCUT2D eigenvalue weighted by Gasteiger charge is -2.06. The van der Waals surface area contributed by atoms with Crippen LogP contribution in [0.15, 0.2) is 18.2 Å². The van der Waals surface area contributed by atoms with Gasteiger partial charge >= 0.3 is 0 Å². The molecule has 22 heavy (non-hydrogen) atoms. The number of amides is 1. The Balaban J connectivity index is 1.77. The van der Waals surface area contributed by atoms with Gasteiger partial charge < -0.3 is 14.6 Å². The van der Waals surface area contributed by atoms with Gasteiger partial charge in [-0.3, -0.25) is 4.79 Å². The van der Waals surface area contributed by atoms with Gasteiger partial charge in [-0.15, -0.1) is 0 Å². The maximum atomic E-state index is 12.2. The lowest BCUT2D eigenvalue weighted by atomic mass is 10.2. The molecule has 0 bridgehead atoms. The molecule has 2 heterocycles. The summed E-state index contributed by atoms with van der Waals surface area (Å²) in [4.78, 5) is 16.9. The third-order valence-electron chi connectivity index (χ3n) is 4.18. The number of imidazole rings is 1. The summed E-state index contributed by atoms with van der Waals surface area (Å²) in [5.41, 5.74) is 2.76. The zero-order valence-electron chi connectivity index (χ0n) is 13.1. The average molecular weight is 301 g/mol. The van der Waals surface area contributed by atoms with Crippen LogP contribution >= 0.6 is 0 Å². The van der Waals surface area contributed by atoms with Gasteiger partial charge in [0.1, 0.15) is 5.82 Å². The van der Waals surface area contributed by atoms with E-state index in [1.807, 2.05) is 18.2 Å². The topological polar surface area (TPSA) is 56.1 Å². The van der Waals surface area contributed by atoms with Crippen LogP contribution in [-0.2, 0) is 17.7 Å². The Morgan fingerprint density at radius 2 is 2.27 bits per heavy atom. The first-order valence-electron chi connectivity index (χ1n) is 8.06. The molecule has 0 unspecified atom stereocenters. The molecular weight excluding hydrogens is 278 g/mol. The van der Waals surface area contributed by atoms with E-state index in [2.05, 4.69) is 9.88 Å². The quantitative estimate of drug-likeness (QED) is 0.863. The molecule has 5 heteroatoms. The van der Waals surface area contributed by atoms with Crippen molar-refractivity contribution in [2.75, 3.05) is 20.3 Å². The van der Waals surface area contributed by atoms with E-state index in [0.717, 1.165) is 36.2 Å².